The van der Waals surface area contributed by atoms with Crippen LogP contribution in [0.15, 0.2) is 30.3 Å². The number of carbonyl (C=O) groups is 1. The van der Waals surface area contributed by atoms with Crippen molar-refractivity contribution in [2.24, 2.45) is 5.41 Å². The second-order valence-electron chi connectivity index (χ2n) is 5.59. The summed E-state index contributed by atoms with van der Waals surface area (Å²) in [6, 6.07) is 10.5. The lowest BCUT2D eigenvalue weighted by molar-refractivity contribution is -0.120. The molecule has 0 saturated carbocycles. The molecule has 96 valence electrons. The van der Waals surface area contributed by atoms with Gasteiger partial charge in [-0.15, -0.1) is 0 Å². The first kappa shape index (κ1) is 11.7. The molecule has 1 spiro atoms. The van der Waals surface area contributed by atoms with Gasteiger partial charge in [0, 0.05) is 18.4 Å². The zero-order valence-corrected chi connectivity index (χ0v) is 10.7. The second kappa shape index (κ2) is 4.39. The van der Waals surface area contributed by atoms with E-state index in [0.29, 0.717) is 6.42 Å². The molecule has 2 aliphatic rings. The van der Waals surface area contributed by atoms with Crippen molar-refractivity contribution in [1.82, 2.24) is 5.32 Å². The summed E-state index contributed by atoms with van der Waals surface area (Å²) in [6.45, 7) is 2.87. The van der Waals surface area contributed by atoms with Gasteiger partial charge in [-0.1, -0.05) is 30.3 Å². The van der Waals surface area contributed by atoms with Crippen molar-refractivity contribution < 1.29 is 9.53 Å². The third-order valence-corrected chi connectivity index (χ3v) is 4.26. The maximum atomic E-state index is 11.9. The van der Waals surface area contributed by atoms with E-state index in [1.807, 2.05) is 18.2 Å². The maximum absolute atomic E-state index is 11.9. The van der Waals surface area contributed by atoms with Gasteiger partial charge in [0.05, 0.1) is 12.1 Å². The highest BCUT2D eigenvalue weighted by Gasteiger charge is 2.49. The van der Waals surface area contributed by atoms with Gasteiger partial charge in [0.1, 0.15) is 0 Å². The van der Waals surface area contributed by atoms with E-state index in [9.17, 15) is 4.79 Å². The van der Waals surface area contributed by atoms with Gasteiger partial charge < -0.3 is 10.1 Å². The number of rotatable bonds is 1. The maximum Gasteiger partial charge on any atom is 0.221 e. The van der Waals surface area contributed by atoms with Crippen molar-refractivity contribution in [2.45, 2.75) is 38.3 Å². The fourth-order valence-corrected chi connectivity index (χ4v) is 3.49. The topological polar surface area (TPSA) is 38.3 Å². The van der Waals surface area contributed by atoms with Crippen molar-refractivity contribution in [3.05, 3.63) is 35.9 Å². The summed E-state index contributed by atoms with van der Waals surface area (Å²) in [6.07, 6.45) is 2.82. The summed E-state index contributed by atoms with van der Waals surface area (Å²) in [7, 11) is 0. The Hall–Kier alpha value is -1.35. The smallest absolute Gasteiger partial charge is 0.221 e. The van der Waals surface area contributed by atoms with Gasteiger partial charge in [-0.2, -0.15) is 0 Å². The number of amides is 1. The van der Waals surface area contributed by atoms with Crippen molar-refractivity contribution in [1.29, 1.82) is 0 Å². The van der Waals surface area contributed by atoms with Crippen molar-refractivity contribution in [3.63, 3.8) is 0 Å². The number of ether oxygens (including phenoxy) is 1. The molecule has 3 atom stereocenters. The Balaban J connectivity index is 1.94. The Bertz CT molecular complexity index is 445. The van der Waals surface area contributed by atoms with Crippen LogP contribution in [0.25, 0.3) is 0 Å². The first-order chi connectivity index (χ1) is 8.70. The minimum absolute atomic E-state index is 0.0517. The van der Waals surface area contributed by atoms with Gasteiger partial charge in [0.2, 0.25) is 5.91 Å². The molecule has 3 rings (SSSR count). The molecule has 1 N–H and O–H groups in total. The minimum Gasteiger partial charge on any atom is -0.378 e. The van der Waals surface area contributed by atoms with Crippen LogP contribution < -0.4 is 5.32 Å². The molecule has 2 fully saturated rings. The monoisotopic (exact) mass is 245 g/mol. The Morgan fingerprint density at radius 2 is 2.11 bits per heavy atom. The van der Waals surface area contributed by atoms with Crippen molar-refractivity contribution in [3.8, 4) is 0 Å². The third-order valence-electron chi connectivity index (χ3n) is 4.26. The van der Waals surface area contributed by atoms with Gasteiger partial charge in [0.25, 0.3) is 0 Å². The predicted octanol–water partition coefficient (Wildman–Crippen LogP) is 2.43. The molecule has 1 amide bonds. The zero-order chi connectivity index (χ0) is 12.6. The van der Waals surface area contributed by atoms with Crippen LogP contribution in [0.5, 0.6) is 0 Å². The number of hydrogen-bond donors (Lipinski definition) is 1. The Kier molecular flexibility index (Phi) is 2.86. The van der Waals surface area contributed by atoms with Gasteiger partial charge in [-0.25, -0.2) is 0 Å². The molecule has 2 aliphatic heterocycles. The Morgan fingerprint density at radius 3 is 2.83 bits per heavy atom. The lowest BCUT2D eigenvalue weighted by Gasteiger charge is -2.40. The largest absolute Gasteiger partial charge is 0.378 e. The highest BCUT2D eigenvalue weighted by Crippen LogP contribution is 2.50. The molecular weight excluding hydrogens is 226 g/mol. The molecule has 0 bridgehead atoms. The summed E-state index contributed by atoms with van der Waals surface area (Å²) in [4.78, 5) is 11.9. The quantitative estimate of drug-likeness (QED) is 0.825. The highest BCUT2D eigenvalue weighted by molar-refractivity contribution is 5.80. The van der Waals surface area contributed by atoms with E-state index in [2.05, 4.69) is 24.4 Å². The van der Waals surface area contributed by atoms with Crippen LogP contribution >= 0.6 is 0 Å². The fourth-order valence-electron chi connectivity index (χ4n) is 3.49. The first-order valence-corrected chi connectivity index (χ1v) is 6.66. The predicted molar refractivity (Wildman–Crippen MR) is 69.0 cm³/mol. The Morgan fingerprint density at radius 1 is 1.33 bits per heavy atom. The van der Waals surface area contributed by atoms with Gasteiger partial charge in [-0.3, -0.25) is 4.79 Å². The van der Waals surface area contributed by atoms with Crippen molar-refractivity contribution in [2.75, 3.05) is 6.61 Å². The van der Waals surface area contributed by atoms with E-state index in [0.717, 1.165) is 19.4 Å². The van der Waals surface area contributed by atoms with Gasteiger partial charge in [-0.05, 0) is 25.3 Å². The molecule has 3 unspecified atom stereocenters. The fraction of sp³-hybridized carbons (Fsp3) is 0.533. The summed E-state index contributed by atoms with van der Waals surface area (Å²) >= 11 is 0. The van der Waals surface area contributed by atoms with Crippen LogP contribution in [0.4, 0.5) is 0 Å². The molecule has 2 saturated heterocycles. The summed E-state index contributed by atoms with van der Waals surface area (Å²) in [5.41, 5.74) is 1.27. The minimum atomic E-state index is 0.0517. The van der Waals surface area contributed by atoms with E-state index in [4.69, 9.17) is 4.74 Å². The zero-order valence-electron chi connectivity index (χ0n) is 10.7. The number of carbonyl (C=O) groups excluding carboxylic acids is 1. The summed E-state index contributed by atoms with van der Waals surface area (Å²) in [5.74, 6) is 0.179. The average molecular weight is 245 g/mol. The molecule has 2 heterocycles. The van der Waals surface area contributed by atoms with E-state index >= 15 is 0 Å². The lowest BCUT2D eigenvalue weighted by Crippen LogP contribution is -2.38. The molecular formula is C15H19NO2. The Labute approximate surface area is 108 Å². The van der Waals surface area contributed by atoms with Crippen LogP contribution in [-0.2, 0) is 9.53 Å². The molecule has 18 heavy (non-hydrogen) atoms. The van der Waals surface area contributed by atoms with Crippen molar-refractivity contribution >= 4 is 5.91 Å². The van der Waals surface area contributed by atoms with Crippen LogP contribution in [0.1, 0.15) is 37.8 Å². The first-order valence-electron chi connectivity index (χ1n) is 6.66. The van der Waals surface area contributed by atoms with Crippen LogP contribution in [0, 0.1) is 5.41 Å². The van der Waals surface area contributed by atoms with E-state index in [-0.39, 0.29) is 23.5 Å². The average Bonchev–Trinajstić information content (AvgIpc) is 2.66. The standard InChI is InChI=1S/C15H19NO2/c1-11-9-15(7-8-18-11)10-13(17)16-14(15)12-5-3-2-4-6-12/h2-6,11,14H,7-10H2,1H3,(H,16,17). The van der Waals surface area contributed by atoms with E-state index < -0.39 is 0 Å². The normalized spacial score (nSPS) is 35.7. The van der Waals surface area contributed by atoms with Crippen LogP contribution in [0.3, 0.4) is 0 Å². The molecule has 3 nitrogen and oxygen atoms in total. The number of hydrogen-bond acceptors (Lipinski definition) is 2. The SMILES string of the molecule is CC1CC2(CCO1)CC(=O)NC2c1ccccc1. The van der Waals surface area contributed by atoms with Crippen LogP contribution in [-0.4, -0.2) is 18.6 Å². The second-order valence-corrected chi connectivity index (χ2v) is 5.59. The third kappa shape index (κ3) is 1.93. The van der Waals surface area contributed by atoms with Gasteiger partial charge >= 0.3 is 0 Å². The molecule has 0 aromatic heterocycles. The number of benzene rings is 1. The van der Waals surface area contributed by atoms with Crippen LogP contribution in [0.2, 0.25) is 0 Å². The molecule has 0 radical (unpaired) electrons. The molecule has 3 heteroatoms. The summed E-state index contributed by atoms with van der Waals surface area (Å²) in [5, 5.41) is 3.16. The molecule has 1 aromatic carbocycles. The molecule has 0 aliphatic carbocycles. The van der Waals surface area contributed by atoms with E-state index in [1.165, 1.54) is 5.56 Å². The number of nitrogens with one attached hydrogen (secondary N) is 1. The summed E-state index contributed by atoms with van der Waals surface area (Å²) < 4.78 is 5.64. The van der Waals surface area contributed by atoms with Gasteiger partial charge in [0.15, 0.2) is 0 Å². The highest BCUT2D eigenvalue weighted by atomic mass is 16.5. The lowest BCUT2D eigenvalue weighted by atomic mass is 9.70. The van der Waals surface area contributed by atoms with E-state index in [1.54, 1.807) is 0 Å². The molecule has 1 aromatic rings.